The standard InChI is InChI=1S/C11H18ClN3O/c1-9-11(12)8-14-15(9)5-4-13-10-2-6-16-7-3-10/h8,10,13H,2-7H2,1H3. The minimum Gasteiger partial charge on any atom is -0.381 e. The summed E-state index contributed by atoms with van der Waals surface area (Å²) in [4.78, 5) is 0. The summed E-state index contributed by atoms with van der Waals surface area (Å²) in [5, 5.41) is 8.48. The third-order valence-corrected chi connectivity index (χ3v) is 3.39. The highest BCUT2D eigenvalue weighted by Crippen LogP contribution is 2.12. The Morgan fingerprint density at radius 3 is 2.94 bits per heavy atom. The first-order valence-electron chi connectivity index (χ1n) is 5.76. The Balaban J connectivity index is 1.73. The van der Waals surface area contributed by atoms with Gasteiger partial charge in [0.2, 0.25) is 0 Å². The molecule has 0 amide bonds. The Kier molecular flexibility index (Phi) is 4.21. The van der Waals surface area contributed by atoms with E-state index in [2.05, 4.69) is 10.4 Å². The molecule has 5 heteroatoms. The van der Waals surface area contributed by atoms with Crippen molar-refractivity contribution in [2.45, 2.75) is 32.4 Å². The summed E-state index contributed by atoms with van der Waals surface area (Å²) in [5.41, 5.74) is 1.04. The van der Waals surface area contributed by atoms with Gasteiger partial charge in [0.05, 0.1) is 23.5 Å². The van der Waals surface area contributed by atoms with Crippen LogP contribution in [0.25, 0.3) is 0 Å². The van der Waals surface area contributed by atoms with E-state index in [1.165, 1.54) is 0 Å². The van der Waals surface area contributed by atoms with E-state index in [-0.39, 0.29) is 0 Å². The van der Waals surface area contributed by atoms with Crippen molar-refractivity contribution < 1.29 is 4.74 Å². The van der Waals surface area contributed by atoms with E-state index in [0.717, 1.165) is 49.9 Å². The second-order valence-corrected chi connectivity index (χ2v) is 4.55. The average molecular weight is 244 g/mol. The molecule has 2 heterocycles. The van der Waals surface area contributed by atoms with Gasteiger partial charge < -0.3 is 10.1 Å². The van der Waals surface area contributed by atoms with Gasteiger partial charge in [-0.05, 0) is 19.8 Å². The zero-order chi connectivity index (χ0) is 11.4. The quantitative estimate of drug-likeness (QED) is 0.874. The molecule has 1 fully saturated rings. The molecule has 1 aromatic rings. The first-order valence-corrected chi connectivity index (χ1v) is 6.14. The van der Waals surface area contributed by atoms with E-state index in [1.807, 2.05) is 11.6 Å². The van der Waals surface area contributed by atoms with E-state index in [0.29, 0.717) is 6.04 Å². The zero-order valence-corrected chi connectivity index (χ0v) is 10.3. The van der Waals surface area contributed by atoms with E-state index >= 15 is 0 Å². The van der Waals surface area contributed by atoms with Crippen molar-refractivity contribution in [1.82, 2.24) is 15.1 Å². The van der Waals surface area contributed by atoms with Crippen LogP contribution in [0.2, 0.25) is 5.02 Å². The minimum absolute atomic E-state index is 0.597. The van der Waals surface area contributed by atoms with Gasteiger partial charge in [0.1, 0.15) is 0 Å². The van der Waals surface area contributed by atoms with Crippen LogP contribution in [0.4, 0.5) is 0 Å². The van der Waals surface area contributed by atoms with Crippen LogP contribution in [0.5, 0.6) is 0 Å². The van der Waals surface area contributed by atoms with Crippen LogP contribution < -0.4 is 5.32 Å². The molecule has 0 atom stereocenters. The van der Waals surface area contributed by atoms with Crippen LogP contribution in [0.15, 0.2) is 6.20 Å². The topological polar surface area (TPSA) is 39.1 Å². The van der Waals surface area contributed by atoms with Crippen molar-refractivity contribution in [2.24, 2.45) is 0 Å². The van der Waals surface area contributed by atoms with Gasteiger partial charge in [-0.15, -0.1) is 0 Å². The largest absolute Gasteiger partial charge is 0.381 e. The molecule has 90 valence electrons. The summed E-state index contributed by atoms with van der Waals surface area (Å²) < 4.78 is 7.25. The molecule has 0 bridgehead atoms. The summed E-state index contributed by atoms with van der Waals surface area (Å²) in [6, 6.07) is 0.597. The molecule has 0 unspecified atom stereocenters. The van der Waals surface area contributed by atoms with Crippen molar-refractivity contribution in [3.8, 4) is 0 Å². The summed E-state index contributed by atoms with van der Waals surface area (Å²) in [5.74, 6) is 0. The maximum Gasteiger partial charge on any atom is 0.0814 e. The van der Waals surface area contributed by atoms with Gasteiger partial charge in [-0.2, -0.15) is 5.10 Å². The van der Waals surface area contributed by atoms with Crippen LogP contribution in [0, 0.1) is 6.92 Å². The summed E-state index contributed by atoms with van der Waals surface area (Å²) in [7, 11) is 0. The number of aromatic nitrogens is 2. The lowest BCUT2D eigenvalue weighted by Crippen LogP contribution is -2.36. The smallest absolute Gasteiger partial charge is 0.0814 e. The van der Waals surface area contributed by atoms with Gasteiger partial charge in [0.25, 0.3) is 0 Å². The molecule has 4 nitrogen and oxygen atoms in total. The highest BCUT2D eigenvalue weighted by molar-refractivity contribution is 6.31. The Bertz CT molecular complexity index is 334. The highest BCUT2D eigenvalue weighted by Gasteiger charge is 2.12. The molecule has 1 aromatic heterocycles. The van der Waals surface area contributed by atoms with Crippen LogP contribution in [0.3, 0.4) is 0 Å². The van der Waals surface area contributed by atoms with Crippen LogP contribution in [-0.4, -0.2) is 35.6 Å². The molecule has 0 aromatic carbocycles. The Hall–Kier alpha value is -0.580. The fourth-order valence-corrected chi connectivity index (χ4v) is 2.07. The van der Waals surface area contributed by atoms with Gasteiger partial charge >= 0.3 is 0 Å². The average Bonchev–Trinajstić information content (AvgIpc) is 2.62. The first kappa shape index (κ1) is 11.9. The molecule has 16 heavy (non-hydrogen) atoms. The summed E-state index contributed by atoms with van der Waals surface area (Å²) in [6.45, 7) is 5.55. The van der Waals surface area contributed by atoms with Crippen molar-refractivity contribution in [3.63, 3.8) is 0 Å². The number of hydrogen-bond acceptors (Lipinski definition) is 3. The number of hydrogen-bond donors (Lipinski definition) is 1. The minimum atomic E-state index is 0.597. The third-order valence-electron chi connectivity index (χ3n) is 3.02. The Labute approximate surface area is 101 Å². The maximum absolute atomic E-state index is 5.94. The predicted octanol–water partition coefficient (Wildman–Crippen LogP) is 1.61. The van der Waals surface area contributed by atoms with Gasteiger partial charge in [0.15, 0.2) is 0 Å². The van der Waals surface area contributed by atoms with Crippen LogP contribution in [-0.2, 0) is 11.3 Å². The molecule has 1 saturated heterocycles. The lowest BCUT2D eigenvalue weighted by Gasteiger charge is -2.23. The number of rotatable bonds is 4. The monoisotopic (exact) mass is 243 g/mol. The summed E-state index contributed by atoms with van der Waals surface area (Å²) in [6.07, 6.45) is 3.92. The molecular formula is C11H18ClN3O. The molecular weight excluding hydrogens is 226 g/mol. The predicted molar refractivity (Wildman–Crippen MR) is 63.8 cm³/mol. The van der Waals surface area contributed by atoms with E-state index < -0.39 is 0 Å². The molecule has 0 aliphatic carbocycles. The van der Waals surface area contributed by atoms with E-state index in [9.17, 15) is 0 Å². The van der Waals surface area contributed by atoms with Crippen molar-refractivity contribution in [3.05, 3.63) is 16.9 Å². The molecule has 1 aliphatic rings. The van der Waals surface area contributed by atoms with Gasteiger partial charge in [-0.3, -0.25) is 4.68 Å². The Morgan fingerprint density at radius 1 is 1.56 bits per heavy atom. The molecule has 2 rings (SSSR count). The number of nitrogens with zero attached hydrogens (tertiary/aromatic N) is 2. The molecule has 1 N–H and O–H groups in total. The molecule has 0 radical (unpaired) electrons. The Morgan fingerprint density at radius 2 is 2.31 bits per heavy atom. The lowest BCUT2D eigenvalue weighted by molar-refractivity contribution is 0.0778. The lowest BCUT2D eigenvalue weighted by atomic mass is 10.1. The summed E-state index contributed by atoms with van der Waals surface area (Å²) >= 11 is 5.94. The molecule has 0 saturated carbocycles. The molecule has 1 aliphatic heterocycles. The van der Waals surface area contributed by atoms with Crippen molar-refractivity contribution in [1.29, 1.82) is 0 Å². The van der Waals surface area contributed by atoms with Gasteiger partial charge in [-0.1, -0.05) is 11.6 Å². The van der Waals surface area contributed by atoms with E-state index in [1.54, 1.807) is 6.20 Å². The van der Waals surface area contributed by atoms with Gasteiger partial charge in [0, 0.05) is 25.8 Å². The zero-order valence-electron chi connectivity index (χ0n) is 9.58. The number of nitrogens with one attached hydrogen (secondary N) is 1. The highest BCUT2D eigenvalue weighted by atomic mass is 35.5. The maximum atomic E-state index is 5.94. The number of ether oxygens (including phenoxy) is 1. The second-order valence-electron chi connectivity index (χ2n) is 4.14. The number of halogens is 1. The first-order chi connectivity index (χ1) is 7.77. The SMILES string of the molecule is Cc1c(Cl)cnn1CCNC1CCOCC1. The van der Waals surface area contributed by atoms with E-state index in [4.69, 9.17) is 16.3 Å². The fourth-order valence-electron chi connectivity index (χ4n) is 1.93. The van der Waals surface area contributed by atoms with Gasteiger partial charge in [-0.25, -0.2) is 0 Å². The second kappa shape index (κ2) is 5.66. The van der Waals surface area contributed by atoms with Crippen LogP contribution >= 0.6 is 11.6 Å². The fraction of sp³-hybridized carbons (Fsp3) is 0.727. The van der Waals surface area contributed by atoms with Crippen LogP contribution in [0.1, 0.15) is 18.5 Å². The molecule has 0 spiro atoms. The van der Waals surface area contributed by atoms with Crippen molar-refractivity contribution in [2.75, 3.05) is 19.8 Å². The third kappa shape index (κ3) is 2.97. The van der Waals surface area contributed by atoms with Crippen molar-refractivity contribution >= 4 is 11.6 Å². The normalized spacial score (nSPS) is 17.9.